The van der Waals surface area contributed by atoms with Crippen molar-refractivity contribution in [1.82, 2.24) is 4.57 Å². The fourth-order valence-electron chi connectivity index (χ4n) is 3.00. The highest BCUT2D eigenvalue weighted by Gasteiger charge is 2.14. The average Bonchev–Trinajstić information content (AvgIpc) is 3.04. The van der Waals surface area contributed by atoms with Crippen LogP contribution in [0, 0.1) is 45.9 Å². The minimum absolute atomic E-state index is 0.352. The van der Waals surface area contributed by atoms with Crippen molar-refractivity contribution >= 4 is 23.7 Å². The monoisotopic (exact) mass is 365 g/mol. The van der Waals surface area contributed by atoms with Crippen molar-refractivity contribution < 1.29 is 4.42 Å². The van der Waals surface area contributed by atoms with Crippen molar-refractivity contribution in [1.29, 1.82) is 5.26 Å². The lowest BCUT2D eigenvalue weighted by atomic mass is 10.2. The van der Waals surface area contributed by atoms with Gasteiger partial charge in [-0.1, -0.05) is 17.7 Å². The van der Waals surface area contributed by atoms with E-state index in [4.69, 9.17) is 16.0 Å². The Morgan fingerprint density at radius 3 is 2.54 bits per heavy atom. The van der Waals surface area contributed by atoms with Gasteiger partial charge in [-0.2, -0.15) is 5.26 Å². The molecule has 4 nitrogen and oxygen atoms in total. The second kappa shape index (κ2) is 6.86. The summed E-state index contributed by atoms with van der Waals surface area (Å²) in [6.45, 7) is 9.76. The zero-order valence-electron chi connectivity index (χ0n) is 15.5. The van der Waals surface area contributed by atoms with Gasteiger partial charge in [-0.15, -0.1) is 0 Å². The molecule has 0 spiro atoms. The molecule has 0 amide bonds. The first-order valence-electron chi connectivity index (χ1n) is 8.33. The molecule has 5 heteroatoms. The predicted octanol–water partition coefficient (Wildman–Crippen LogP) is 5.89. The highest BCUT2D eigenvalue weighted by Crippen LogP contribution is 2.29. The number of rotatable bonds is 3. The molecule has 2 heterocycles. The maximum atomic E-state index is 9.31. The third-order valence-corrected chi connectivity index (χ3v) is 5.09. The standard InChI is InChI=1S/C21H20ClN3O/c1-12-6-7-18(9-20(12)22)25-13(2)8-17(15(25)4)11-24-21-19(10-23)14(3)16(5)26-21/h6-9,11H,1-5H3. The Balaban J connectivity index is 2.02. The first-order chi connectivity index (χ1) is 12.3. The van der Waals surface area contributed by atoms with Gasteiger partial charge in [0.15, 0.2) is 0 Å². The summed E-state index contributed by atoms with van der Waals surface area (Å²) in [5.41, 5.74) is 6.47. The molecule has 0 fully saturated rings. The van der Waals surface area contributed by atoms with Crippen LogP contribution in [-0.4, -0.2) is 10.8 Å². The van der Waals surface area contributed by atoms with Crippen molar-refractivity contribution in [2.75, 3.05) is 0 Å². The summed E-state index contributed by atoms with van der Waals surface area (Å²) in [7, 11) is 0. The molecule has 3 rings (SSSR count). The van der Waals surface area contributed by atoms with E-state index in [0.717, 1.165) is 38.8 Å². The van der Waals surface area contributed by atoms with Gasteiger partial charge in [0.2, 0.25) is 5.88 Å². The van der Waals surface area contributed by atoms with E-state index in [-0.39, 0.29) is 0 Å². The van der Waals surface area contributed by atoms with Crippen LogP contribution in [0.25, 0.3) is 5.69 Å². The van der Waals surface area contributed by atoms with E-state index in [1.54, 1.807) is 6.21 Å². The van der Waals surface area contributed by atoms with Gasteiger partial charge < -0.3 is 8.98 Å². The van der Waals surface area contributed by atoms with E-state index in [9.17, 15) is 5.26 Å². The number of nitrogens with zero attached hydrogens (tertiary/aromatic N) is 3. The molecule has 0 aliphatic rings. The number of hydrogen-bond acceptors (Lipinski definition) is 3. The number of halogens is 1. The first-order valence-corrected chi connectivity index (χ1v) is 8.71. The van der Waals surface area contributed by atoms with Crippen LogP contribution in [0.4, 0.5) is 5.88 Å². The van der Waals surface area contributed by atoms with Gasteiger partial charge in [0.1, 0.15) is 17.4 Å². The lowest BCUT2D eigenvalue weighted by molar-refractivity contribution is 0.542. The van der Waals surface area contributed by atoms with Crippen molar-refractivity contribution in [3.63, 3.8) is 0 Å². The Bertz CT molecular complexity index is 1060. The van der Waals surface area contributed by atoms with Crippen LogP contribution in [0.2, 0.25) is 5.02 Å². The summed E-state index contributed by atoms with van der Waals surface area (Å²) in [6, 6.07) is 10.2. The minimum Gasteiger partial charge on any atom is -0.442 e. The number of aromatic nitrogens is 1. The number of nitriles is 1. The van der Waals surface area contributed by atoms with E-state index in [1.807, 2.05) is 46.8 Å². The number of hydrogen-bond donors (Lipinski definition) is 0. The van der Waals surface area contributed by atoms with Crippen molar-refractivity contribution in [2.24, 2.45) is 4.99 Å². The summed E-state index contributed by atoms with van der Waals surface area (Å²) < 4.78 is 7.74. The smallest absolute Gasteiger partial charge is 0.237 e. The zero-order valence-corrected chi connectivity index (χ0v) is 16.3. The third kappa shape index (κ3) is 3.07. The van der Waals surface area contributed by atoms with Crippen molar-refractivity contribution in [3.05, 3.63) is 68.7 Å². The molecule has 0 aliphatic heterocycles. The Morgan fingerprint density at radius 1 is 1.15 bits per heavy atom. The fourth-order valence-corrected chi connectivity index (χ4v) is 3.17. The normalized spacial score (nSPS) is 11.3. The highest BCUT2D eigenvalue weighted by atomic mass is 35.5. The van der Waals surface area contributed by atoms with Gasteiger partial charge in [0.25, 0.3) is 0 Å². The molecule has 0 aliphatic carbocycles. The van der Waals surface area contributed by atoms with Gasteiger partial charge >= 0.3 is 0 Å². The summed E-state index contributed by atoms with van der Waals surface area (Å²) in [5, 5.41) is 10.1. The Kier molecular flexibility index (Phi) is 4.76. The predicted molar refractivity (Wildman–Crippen MR) is 105 cm³/mol. The van der Waals surface area contributed by atoms with Crippen LogP contribution < -0.4 is 0 Å². The van der Waals surface area contributed by atoms with E-state index in [2.05, 4.69) is 27.8 Å². The lowest BCUT2D eigenvalue weighted by Gasteiger charge is -2.11. The first kappa shape index (κ1) is 18.0. The Hall–Kier alpha value is -2.77. The van der Waals surface area contributed by atoms with Crippen LogP contribution in [-0.2, 0) is 0 Å². The SMILES string of the molecule is Cc1ccc(-n2c(C)cc(C=Nc3oc(C)c(C)c3C#N)c2C)cc1Cl. The van der Waals surface area contributed by atoms with E-state index < -0.39 is 0 Å². The molecule has 0 unspecified atom stereocenters. The third-order valence-electron chi connectivity index (χ3n) is 4.68. The average molecular weight is 366 g/mol. The van der Waals surface area contributed by atoms with E-state index >= 15 is 0 Å². The Morgan fingerprint density at radius 2 is 1.88 bits per heavy atom. The molecule has 0 radical (unpaired) electrons. The highest BCUT2D eigenvalue weighted by molar-refractivity contribution is 6.31. The fraction of sp³-hybridized carbons (Fsp3) is 0.238. The molecule has 2 aromatic heterocycles. The molecule has 0 atom stereocenters. The Labute approximate surface area is 158 Å². The molecule has 26 heavy (non-hydrogen) atoms. The molecule has 0 saturated carbocycles. The summed E-state index contributed by atoms with van der Waals surface area (Å²) in [5.74, 6) is 1.07. The summed E-state index contributed by atoms with van der Waals surface area (Å²) >= 11 is 6.28. The molecule has 0 bridgehead atoms. The van der Waals surface area contributed by atoms with Gasteiger partial charge in [0, 0.05) is 39.4 Å². The number of aryl methyl sites for hydroxylation is 3. The van der Waals surface area contributed by atoms with Crippen molar-refractivity contribution in [2.45, 2.75) is 34.6 Å². The quantitative estimate of drug-likeness (QED) is 0.543. The van der Waals surface area contributed by atoms with Crippen LogP contribution >= 0.6 is 11.6 Å². The molecular weight excluding hydrogens is 346 g/mol. The number of aliphatic imine (C=N–C) groups is 1. The maximum absolute atomic E-state index is 9.31. The minimum atomic E-state index is 0.352. The lowest BCUT2D eigenvalue weighted by Crippen LogP contribution is -1.99. The molecular formula is C21H20ClN3O. The van der Waals surface area contributed by atoms with Crippen LogP contribution in [0.5, 0.6) is 0 Å². The number of furan rings is 1. The molecule has 1 aromatic carbocycles. The zero-order chi connectivity index (χ0) is 19.0. The second-order valence-electron chi connectivity index (χ2n) is 6.43. The van der Waals surface area contributed by atoms with Crippen molar-refractivity contribution in [3.8, 4) is 11.8 Å². The van der Waals surface area contributed by atoms with Crippen LogP contribution in [0.15, 0.2) is 33.7 Å². The summed E-state index contributed by atoms with van der Waals surface area (Å²) in [4.78, 5) is 4.42. The van der Waals surface area contributed by atoms with Crippen LogP contribution in [0.1, 0.15) is 39.4 Å². The molecule has 132 valence electrons. The van der Waals surface area contributed by atoms with E-state index in [1.165, 1.54) is 0 Å². The van der Waals surface area contributed by atoms with Gasteiger partial charge in [-0.05, 0) is 58.4 Å². The molecule has 0 saturated heterocycles. The second-order valence-corrected chi connectivity index (χ2v) is 6.84. The van der Waals surface area contributed by atoms with Gasteiger partial charge in [0.05, 0.1) is 0 Å². The maximum Gasteiger partial charge on any atom is 0.237 e. The van der Waals surface area contributed by atoms with Crippen LogP contribution in [0.3, 0.4) is 0 Å². The molecule has 3 aromatic rings. The van der Waals surface area contributed by atoms with Gasteiger partial charge in [-0.25, -0.2) is 4.99 Å². The molecule has 0 N–H and O–H groups in total. The topological polar surface area (TPSA) is 54.2 Å². The van der Waals surface area contributed by atoms with E-state index in [0.29, 0.717) is 17.2 Å². The van der Waals surface area contributed by atoms with Gasteiger partial charge in [-0.3, -0.25) is 0 Å². The largest absolute Gasteiger partial charge is 0.442 e. The summed E-state index contributed by atoms with van der Waals surface area (Å²) in [6.07, 6.45) is 1.74. The number of benzene rings is 1.